The first kappa shape index (κ1) is 13.8. The monoisotopic (exact) mass is 290 g/mol. The van der Waals surface area contributed by atoms with E-state index in [1.54, 1.807) is 0 Å². The summed E-state index contributed by atoms with van der Waals surface area (Å²) in [7, 11) is 0. The maximum atomic E-state index is 13.3. The number of nitrogen functional groups attached to an aromatic ring is 1. The maximum absolute atomic E-state index is 13.3. The number of hydrogen-bond acceptors (Lipinski definition) is 4. The smallest absolute Gasteiger partial charge is 0.149 e. The number of nitrogens with two attached hydrogens (primary N) is 1. The Bertz CT molecular complexity index is 413. The first-order valence-electron chi connectivity index (χ1n) is 5.87. The Morgan fingerprint density at radius 3 is 3.06 bits per heavy atom. The Kier molecular flexibility index (Phi) is 4.97. The number of nitrogens with one attached hydrogen (secondary N) is 1. The van der Waals surface area contributed by atoms with Crippen LogP contribution in [0.1, 0.15) is 12.8 Å². The van der Waals surface area contributed by atoms with Crippen LogP contribution in [0.4, 0.5) is 10.1 Å². The van der Waals surface area contributed by atoms with Crippen LogP contribution in [0.5, 0.6) is 5.75 Å². The van der Waals surface area contributed by atoms with E-state index in [-0.39, 0.29) is 10.7 Å². The second-order valence-corrected chi connectivity index (χ2v) is 5.86. The first-order chi connectivity index (χ1) is 8.70. The fraction of sp³-hybridized carbons (Fsp3) is 0.500. The molecule has 0 aromatic heterocycles. The van der Waals surface area contributed by atoms with Crippen molar-refractivity contribution in [3.05, 3.63) is 23.0 Å². The Morgan fingerprint density at radius 1 is 1.56 bits per heavy atom. The van der Waals surface area contributed by atoms with E-state index in [9.17, 15) is 4.39 Å². The van der Waals surface area contributed by atoms with Gasteiger partial charge in [-0.25, -0.2) is 4.39 Å². The molecule has 2 rings (SSSR count). The number of thioether (sulfide) groups is 1. The second-order valence-electron chi connectivity index (χ2n) is 4.30. The number of ether oxygens (including phenoxy) is 1. The van der Waals surface area contributed by atoms with Crippen LogP contribution in [0.25, 0.3) is 0 Å². The van der Waals surface area contributed by atoms with E-state index < -0.39 is 5.82 Å². The highest BCUT2D eigenvalue weighted by atomic mass is 35.5. The number of halogens is 2. The molecular formula is C12H16ClFN2OS. The van der Waals surface area contributed by atoms with Gasteiger partial charge in [-0.15, -0.1) is 0 Å². The molecule has 0 aliphatic carbocycles. The normalized spacial score (nSPS) is 19.6. The lowest BCUT2D eigenvalue weighted by molar-refractivity contribution is 0.252. The van der Waals surface area contributed by atoms with Gasteiger partial charge in [0.15, 0.2) is 0 Å². The molecule has 1 aliphatic rings. The zero-order valence-corrected chi connectivity index (χ0v) is 11.5. The molecule has 1 aromatic rings. The van der Waals surface area contributed by atoms with Crippen LogP contribution < -0.4 is 16.0 Å². The molecule has 0 saturated carbocycles. The fourth-order valence-electron chi connectivity index (χ4n) is 1.90. The molecule has 1 aromatic carbocycles. The van der Waals surface area contributed by atoms with Crippen molar-refractivity contribution in [3.8, 4) is 5.75 Å². The third kappa shape index (κ3) is 3.43. The Balaban J connectivity index is 1.99. The van der Waals surface area contributed by atoms with E-state index in [0.29, 0.717) is 18.3 Å². The third-order valence-electron chi connectivity index (χ3n) is 2.91. The van der Waals surface area contributed by atoms with Crippen LogP contribution in [0, 0.1) is 11.7 Å². The summed E-state index contributed by atoms with van der Waals surface area (Å²) in [5.74, 6) is 8.09. The van der Waals surface area contributed by atoms with Crippen molar-refractivity contribution in [1.82, 2.24) is 0 Å². The van der Waals surface area contributed by atoms with Gasteiger partial charge in [0.25, 0.3) is 0 Å². The molecular weight excluding hydrogens is 275 g/mol. The molecule has 1 aliphatic heterocycles. The van der Waals surface area contributed by atoms with Crippen LogP contribution in [-0.4, -0.2) is 18.1 Å². The lowest BCUT2D eigenvalue weighted by Crippen LogP contribution is -2.18. The summed E-state index contributed by atoms with van der Waals surface area (Å²) in [6, 6.07) is 2.70. The molecule has 0 bridgehead atoms. The van der Waals surface area contributed by atoms with Crippen LogP contribution in [0.15, 0.2) is 12.1 Å². The Hall–Kier alpha value is -0.650. The first-order valence-corrected chi connectivity index (χ1v) is 7.40. The summed E-state index contributed by atoms with van der Waals surface area (Å²) in [5, 5.41) is 0.273. The van der Waals surface area contributed by atoms with Crippen molar-refractivity contribution < 1.29 is 9.13 Å². The summed E-state index contributed by atoms with van der Waals surface area (Å²) < 4.78 is 19.0. The largest absolute Gasteiger partial charge is 0.492 e. The standard InChI is InChI=1S/C12H16ClFN2OS/c13-9-4-10(14)11(16-15)5-12(9)17-6-8-2-1-3-18-7-8/h4-5,8,16H,1-3,6-7,15H2. The predicted molar refractivity (Wildman–Crippen MR) is 74.8 cm³/mol. The second kappa shape index (κ2) is 6.50. The minimum atomic E-state index is -0.483. The van der Waals surface area contributed by atoms with Crippen molar-refractivity contribution in [2.45, 2.75) is 12.8 Å². The molecule has 3 N–H and O–H groups in total. The van der Waals surface area contributed by atoms with Gasteiger partial charge in [-0.1, -0.05) is 11.6 Å². The van der Waals surface area contributed by atoms with Gasteiger partial charge in [-0.3, -0.25) is 5.84 Å². The van der Waals surface area contributed by atoms with E-state index in [4.69, 9.17) is 22.2 Å². The lowest BCUT2D eigenvalue weighted by Gasteiger charge is -2.21. The lowest BCUT2D eigenvalue weighted by atomic mass is 10.1. The van der Waals surface area contributed by atoms with Gasteiger partial charge in [0.05, 0.1) is 17.3 Å². The minimum absolute atomic E-state index is 0.187. The van der Waals surface area contributed by atoms with Crippen LogP contribution in [-0.2, 0) is 0 Å². The van der Waals surface area contributed by atoms with E-state index in [1.807, 2.05) is 11.8 Å². The molecule has 1 atom stereocenters. The number of hydrazine groups is 1. The molecule has 1 saturated heterocycles. The van der Waals surface area contributed by atoms with Crippen LogP contribution >= 0.6 is 23.4 Å². The Morgan fingerprint density at radius 2 is 2.39 bits per heavy atom. The molecule has 0 radical (unpaired) electrons. The quantitative estimate of drug-likeness (QED) is 0.660. The van der Waals surface area contributed by atoms with Crippen molar-refractivity contribution in [2.75, 3.05) is 23.5 Å². The SMILES string of the molecule is NNc1cc(OCC2CCCSC2)c(Cl)cc1F. The van der Waals surface area contributed by atoms with Gasteiger partial charge in [-0.2, -0.15) is 11.8 Å². The van der Waals surface area contributed by atoms with Gasteiger partial charge < -0.3 is 10.2 Å². The average molecular weight is 291 g/mol. The number of anilines is 1. The molecule has 1 heterocycles. The molecule has 1 unspecified atom stereocenters. The van der Waals surface area contributed by atoms with Crippen molar-refractivity contribution in [3.63, 3.8) is 0 Å². The van der Waals surface area contributed by atoms with E-state index >= 15 is 0 Å². The molecule has 18 heavy (non-hydrogen) atoms. The van der Waals surface area contributed by atoms with Gasteiger partial charge in [0, 0.05) is 12.0 Å². The van der Waals surface area contributed by atoms with E-state index in [2.05, 4.69) is 5.43 Å². The minimum Gasteiger partial charge on any atom is -0.492 e. The summed E-state index contributed by atoms with van der Waals surface area (Å²) in [5.41, 5.74) is 2.47. The molecule has 6 heteroatoms. The highest BCUT2D eigenvalue weighted by molar-refractivity contribution is 7.99. The van der Waals surface area contributed by atoms with Gasteiger partial charge in [-0.05, 0) is 30.4 Å². The summed E-state index contributed by atoms with van der Waals surface area (Å²) in [6.07, 6.45) is 2.40. The van der Waals surface area contributed by atoms with Crippen molar-refractivity contribution >= 4 is 29.1 Å². The van der Waals surface area contributed by atoms with Crippen LogP contribution in [0.3, 0.4) is 0 Å². The summed E-state index contributed by atoms with van der Waals surface area (Å²) in [4.78, 5) is 0. The molecule has 3 nitrogen and oxygen atoms in total. The van der Waals surface area contributed by atoms with E-state index in [0.717, 1.165) is 5.75 Å². The van der Waals surface area contributed by atoms with Crippen molar-refractivity contribution in [2.24, 2.45) is 11.8 Å². The molecule has 1 fully saturated rings. The predicted octanol–water partition coefficient (Wildman–Crippen LogP) is 3.29. The van der Waals surface area contributed by atoms with Gasteiger partial charge in [0.1, 0.15) is 11.6 Å². The van der Waals surface area contributed by atoms with Gasteiger partial charge >= 0.3 is 0 Å². The molecule has 0 spiro atoms. The highest BCUT2D eigenvalue weighted by Crippen LogP contribution is 2.31. The highest BCUT2D eigenvalue weighted by Gasteiger charge is 2.16. The molecule has 100 valence electrons. The summed E-state index contributed by atoms with van der Waals surface area (Å²) in [6.45, 7) is 0.613. The fourth-order valence-corrected chi connectivity index (χ4v) is 3.24. The third-order valence-corrected chi connectivity index (χ3v) is 4.49. The molecule has 0 amide bonds. The van der Waals surface area contributed by atoms with Crippen molar-refractivity contribution in [1.29, 1.82) is 0 Å². The number of hydrogen-bond donors (Lipinski definition) is 2. The number of benzene rings is 1. The zero-order chi connectivity index (χ0) is 13.0. The van der Waals surface area contributed by atoms with Gasteiger partial charge in [0.2, 0.25) is 0 Å². The zero-order valence-electron chi connectivity index (χ0n) is 9.92. The average Bonchev–Trinajstić information content (AvgIpc) is 2.39. The Labute approximate surface area is 115 Å². The maximum Gasteiger partial charge on any atom is 0.149 e. The van der Waals surface area contributed by atoms with E-state index in [1.165, 1.54) is 30.7 Å². The number of rotatable bonds is 4. The summed E-state index contributed by atoms with van der Waals surface area (Å²) >= 11 is 7.88. The van der Waals surface area contributed by atoms with Crippen LogP contribution in [0.2, 0.25) is 5.02 Å². The topological polar surface area (TPSA) is 47.3 Å².